The molecule has 0 heterocycles. The average molecular weight is 366 g/mol. The standard InChI is InChI=1S/C14H11ClF3NO3S/c15-11-3-7-13(8-4-11)23(20,21)19-9-10-1-5-12(6-2-10)22-14(16,17)18/h1-8,19H,9H2. The maximum Gasteiger partial charge on any atom is 0.573 e. The Labute approximate surface area is 135 Å². The van der Waals surface area contributed by atoms with Crippen LogP contribution >= 0.6 is 11.6 Å². The topological polar surface area (TPSA) is 55.4 Å². The van der Waals surface area contributed by atoms with Crippen molar-refractivity contribution in [2.75, 3.05) is 0 Å². The molecule has 9 heteroatoms. The summed E-state index contributed by atoms with van der Waals surface area (Å²) < 4.78 is 66.3. The van der Waals surface area contributed by atoms with E-state index in [1.807, 2.05) is 0 Å². The Balaban J connectivity index is 2.01. The molecule has 23 heavy (non-hydrogen) atoms. The van der Waals surface area contributed by atoms with Gasteiger partial charge in [-0.15, -0.1) is 13.2 Å². The van der Waals surface area contributed by atoms with E-state index in [1.165, 1.54) is 36.4 Å². The number of hydrogen-bond donors (Lipinski definition) is 1. The molecule has 2 aromatic rings. The smallest absolute Gasteiger partial charge is 0.406 e. The van der Waals surface area contributed by atoms with Crippen LogP contribution in [0.15, 0.2) is 53.4 Å². The molecule has 0 aliphatic rings. The Morgan fingerprint density at radius 3 is 2.09 bits per heavy atom. The lowest BCUT2D eigenvalue weighted by atomic mass is 10.2. The van der Waals surface area contributed by atoms with Gasteiger partial charge in [0.05, 0.1) is 4.90 Å². The fourth-order valence-electron chi connectivity index (χ4n) is 1.68. The molecule has 0 radical (unpaired) electrons. The molecule has 0 aliphatic heterocycles. The lowest BCUT2D eigenvalue weighted by Gasteiger charge is -2.10. The lowest BCUT2D eigenvalue weighted by molar-refractivity contribution is -0.274. The summed E-state index contributed by atoms with van der Waals surface area (Å²) >= 11 is 5.69. The van der Waals surface area contributed by atoms with Crippen LogP contribution in [0.25, 0.3) is 0 Å². The second kappa shape index (κ2) is 6.77. The van der Waals surface area contributed by atoms with Crippen molar-refractivity contribution in [1.82, 2.24) is 4.72 Å². The first-order valence-corrected chi connectivity index (χ1v) is 8.12. The van der Waals surface area contributed by atoms with Crippen molar-refractivity contribution in [1.29, 1.82) is 0 Å². The molecule has 2 aromatic carbocycles. The predicted molar refractivity (Wildman–Crippen MR) is 78.6 cm³/mol. The number of benzene rings is 2. The van der Waals surface area contributed by atoms with Crippen LogP contribution in [-0.2, 0) is 16.6 Å². The highest BCUT2D eigenvalue weighted by molar-refractivity contribution is 7.89. The minimum atomic E-state index is -4.77. The summed E-state index contributed by atoms with van der Waals surface area (Å²) in [5.74, 6) is -0.373. The van der Waals surface area contributed by atoms with Crippen molar-refractivity contribution in [3.05, 3.63) is 59.1 Å². The van der Waals surface area contributed by atoms with Gasteiger partial charge < -0.3 is 4.74 Å². The van der Waals surface area contributed by atoms with E-state index in [4.69, 9.17) is 11.6 Å². The van der Waals surface area contributed by atoms with Gasteiger partial charge >= 0.3 is 6.36 Å². The molecule has 0 fully saturated rings. The average Bonchev–Trinajstić information content (AvgIpc) is 2.45. The van der Waals surface area contributed by atoms with E-state index in [0.29, 0.717) is 10.6 Å². The van der Waals surface area contributed by atoms with Crippen LogP contribution in [0.5, 0.6) is 5.75 Å². The zero-order valence-electron chi connectivity index (χ0n) is 11.5. The third kappa shape index (κ3) is 5.42. The van der Waals surface area contributed by atoms with Crippen molar-refractivity contribution in [3.63, 3.8) is 0 Å². The van der Waals surface area contributed by atoms with Crippen LogP contribution in [0, 0.1) is 0 Å². The molecular weight excluding hydrogens is 355 g/mol. The summed E-state index contributed by atoms with van der Waals surface area (Å²) in [4.78, 5) is 0.0407. The number of rotatable bonds is 5. The number of sulfonamides is 1. The maximum absolute atomic E-state index is 12.0. The normalized spacial score (nSPS) is 12.2. The zero-order chi connectivity index (χ0) is 17.1. The SMILES string of the molecule is O=S(=O)(NCc1ccc(OC(F)(F)F)cc1)c1ccc(Cl)cc1. The molecule has 0 unspecified atom stereocenters. The first-order valence-electron chi connectivity index (χ1n) is 6.26. The highest BCUT2D eigenvalue weighted by atomic mass is 35.5. The number of alkyl halides is 3. The van der Waals surface area contributed by atoms with Gasteiger partial charge in [0.2, 0.25) is 10.0 Å². The zero-order valence-corrected chi connectivity index (χ0v) is 13.0. The summed E-state index contributed by atoms with van der Waals surface area (Å²) in [6.07, 6.45) is -4.77. The molecule has 4 nitrogen and oxygen atoms in total. The lowest BCUT2D eigenvalue weighted by Crippen LogP contribution is -2.23. The molecule has 0 atom stereocenters. The molecular formula is C14H11ClF3NO3S. The number of ether oxygens (including phenoxy) is 1. The van der Waals surface area contributed by atoms with E-state index in [2.05, 4.69) is 9.46 Å². The predicted octanol–water partition coefficient (Wildman–Crippen LogP) is 3.72. The number of halogens is 4. The van der Waals surface area contributed by atoms with Crippen molar-refractivity contribution < 1.29 is 26.3 Å². The van der Waals surface area contributed by atoms with Crippen LogP contribution in [0.4, 0.5) is 13.2 Å². The molecule has 124 valence electrons. The van der Waals surface area contributed by atoms with E-state index in [-0.39, 0.29) is 17.2 Å². The Morgan fingerprint density at radius 2 is 1.57 bits per heavy atom. The van der Waals surface area contributed by atoms with Gasteiger partial charge in [0, 0.05) is 11.6 Å². The van der Waals surface area contributed by atoms with Gasteiger partial charge in [0.1, 0.15) is 5.75 Å². The van der Waals surface area contributed by atoms with Crippen LogP contribution in [0.3, 0.4) is 0 Å². The van der Waals surface area contributed by atoms with E-state index >= 15 is 0 Å². The minimum Gasteiger partial charge on any atom is -0.406 e. The van der Waals surface area contributed by atoms with Crippen molar-refractivity contribution in [3.8, 4) is 5.75 Å². The monoisotopic (exact) mass is 365 g/mol. The van der Waals surface area contributed by atoms with Crippen molar-refractivity contribution >= 4 is 21.6 Å². The molecule has 0 saturated carbocycles. The highest BCUT2D eigenvalue weighted by Crippen LogP contribution is 2.23. The third-order valence-electron chi connectivity index (χ3n) is 2.75. The third-order valence-corrected chi connectivity index (χ3v) is 4.42. The first-order chi connectivity index (χ1) is 10.7. The summed E-state index contributed by atoms with van der Waals surface area (Å²) in [5.41, 5.74) is 0.483. The van der Waals surface area contributed by atoms with Crippen LogP contribution in [-0.4, -0.2) is 14.8 Å². The van der Waals surface area contributed by atoms with Crippen LogP contribution in [0.2, 0.25) is 5.02 Å². The van der Waals surface area contributed by atoms with E-state index in [9.17, 15) is 21.6 Å². The quantitative estimate of drug-likeness (QED) is 0.878. The molecule has 0 aromatic heterocycles. The molecule has 1 N–H and O–H groups in total. The highest BCUT2D eigenvalue weighted by Gasteiger charge is 2.30. The Kier molecular flexibility index (Phi) is 5.18. The summed E-state index contributed by atoms with van der Waals surface area (Å²) in [6, 6.07) is 10.5. The number of nitrogens with one attached hydrogen (secondary N) is 1. The Bertz CT molecular complexity index is 759. The van der Waals surface area contributed by atoms with Gasteiger partial charge in [-0.1, -0.05) is 23.7 Å². The largest absolute Gasteiger partial charge is 0.573 e. The van der Waals surface area contributed by atoms with Gasteiger partial charge in [0.25, 0.3) is 0 Å². The Hall–Kier alpha value is -1.77. The molecule has 0 amide bonds. The van der Waals surface area contributed by atoms with Crippen molar-refractivity contribution in [2.24, 2.45) is 0 Å². The molecule has 2 rings (SSSR count). The molecule has 0 spiro atoms. The molecule has 0 bridgehead atoms. The Morgan fingerprint density at radius 1 is 1.00 bits per heavy atom. The van der Waals surface area contributed by atoms with Gasteiger partial charge in [-0.05, 0) is 42.0 Å². The molecule has 0 saturated heterocycles. The first kappa shape index (κ1) is 17.6. The van der Waals surface area contributed by atoms with Crippen LogP contribution in [0.1, 0.15) is 5.56 Å². The molecule has 0 aliphatic carbocycles. The fraction of sp³-hybridized carbons (Fsp3) is 0.143. The van der Waals surface area contributed by atoms with E-state index in [0.717, 1.165) is 12.1 Å². The van der Waals surface area contributed by atoms with Gasteiger partial charge in [0.15, 0.2) is 0 Å². The second-order valence-electron chi connectivity index (χ2n) is 4.47. The summed E-state index contributed by atoms with van der Waals surface area (Å²) in [5, 5.41) is 0.407. The van der Waals surface area contributed by atoms with Gasteiger partial charge in [-0.3, -0.25) is 0 Å². The summed E-state index contributed by atoms with van der Waals surface area (Å²) in [6.45, 7) is -0.0722. The number of hydrogen-bond acceptors (Lipinski definition) is 3. The second-order valence-corrected chi connectivity index (χ2v) is 6.67. The van der Waals surface area contributed by atoms with E-state index < -0.39 is 16.4 Å². The van der Waals surface area contributed by atoms with Crippen molar-refractivity contribution in [2.45, 2.75) is 17.8 Å². The summed E-state index contributed by atoms with van der Waals surface area (Å²) in [7, 11) is -3.73. The fourth-order valence-corrected chi connectivity index (χ4v) is 2.83. The van der Waals surface area contributed by atoms with Gasteiger partial charge in [-0.25, -0.2) is 13.1 Å². The minimum absolute atomic E-state index is 0.0407. The van der Waals surface area contributed by atoms with Gasteiger partial charge in [-0.2, -0.15) is 0 Å². The van der Waals surface area contributed by atoms with Crippen LogP contribution < -0.4 is 9.46 Å². The van der Waals surface area contributed by atoms with E-state index in [1.54, 1.807) is 0 Å². The maximum atomic E-state index is 12.0.